The topological polar surface area (TPSA) is 35.5 Å². The normalized spacial score (nSPS) is 15.2. The van der Waals surface area contributed by atoms with Crippen molar-refractivity contribution in [2.75, 3.05) is 6.61 Å². The summed E-state index contributed by atoms with van der Waals surface area (Å²) in [6.07, 6.45) is -7.45. The Hall–Kier alpha value is -0.563. The van der Waals surface area contributed by atoms with E-state index in [0.717, 1.165) is 0 Å². The van der Waals surface area contributed by atoms with Gasteiger partial charge in [0.15, 0.2) is 14.4 Å². The quantitative estimate of drug-likeness (QED) is 0.571. The van der Waals surface area contributed by atoms with E-state index < -0.39 is 33.0 Å². The first-order valence-electron chi connectivity index (χ1n) is 6.21. The molecule has 0 N–H and O–H groups in total. The van der Waals surface area contributed by atoms with Crippen LogP contribution in [0.15, 0.2) is 0 Å². The van der Waals surface area contributed by atoms with E-state index in [1.807, 2.05) is 20.8 Å². The molecule has 7 heteroatoms. The summed E-state index contributed by atoms with van der Waals surface area (Å²) in [4.78, 5) is 11.2. The lowest BCUT2D eigenvalue weighted by Crippen LogP contribution is -2.48. The van der Waals surface area contributed by atoms with Crippen LogP contribution in [-0.4, -0.2) is 33.2 Å². The van der Waals surface area contributed by atoms with E-state index in [9.17, 15) is 18.0 Å². The van der Waals surface area contributed by atoms with E-state index in [1.54, 1.807) is 20.0 Å². The van der Waals surface area contributed by atoms with Gasteiger partial charge >= 0.3 is 12.1 Å². The molecule has 0 saturated carbocycles. The molecule has 0 aromatic carbocycles. The van der Waals surface area contributed by atoms with Crippen LogP contribution in [0.1, 0.15) is 34.1 Å². The van der Waals surface area contributed by atoms with E-state index in [-0.39, 0.29) is 11.6 Å². The summed E-state index contributed by atoms with van der Waals surface area (Å²) in [6.45, 7) is 10.6. The lowest BCUT2D eigenvalue weighted by molar-refractivity contribution is -0.204. The SMILES string of the molecule is CCOC(=O)CC(O[Si](C)(C)C(C)(C)C)C(F)(F)F. The molecule has 0 aromatic heterocycles. The van der Waals surface area contributed by atoms with Gasteiger partial charge in [0, 0.05) is 0 Å². The Morgan fingerprint density at radius 1 is 1.21 bits per heavy atom. The smallest absolute Gasteiger partial charge is 0.413 e. The fraction of sp³-hybridized carbons (Fsp3) is 0.917. The van der Waals surface area contributed by atoms with E-state index in [4.69, 9.17) is 4.43 Å². The van der Waals surface area contributed by atoms with Gasteiger partial charge < -0.3 is 9.16 Å². The molecule has 0 radical (unpaired) electrons. The molecule has 0 heterocycles. The maximum absolute atomic E-state index is 12.9. The van der Waals surface area contributed by atoms with Crippen LogP contribution in [0.5, 0.6) is 0 Å². The van der Waals surface area contributed by atoms with Gasteiger partial charge in [-0.05, 0) is 25.1 Å². The first kappa shape index (κ1) is 18.4. The Balaban J connectivity index is 4.95. The summed E-state index contributed by atoms with van der Waals surface area (Å²) in [7, 11) is -2.60. The van der Waals surface area contributed by atoms with Gasteiger partial charge in [0.05, 0.1) is 13.0 Å². The van der Waals surface area contributed by atoms with Crippen molar-refractivity contribution in [3.8, 4) is 0 Å². The van der Waals surface area contributed by atoms with Crippen LogP contribution in [0.25, 0.3) is 0 Å². The zero-order valence-corrected chi connectivity index (χ0v) is 13.4. The predicted octanol–water partition coefficient (Wildman–Crippen LogP) is 3.89. The van der Waals surface area contributed by atoms with Gasteiger partial charge in [-0.3, -0.25) is 4.79 Å². The highest BCUT2D eigenvalue weighted by Gasteiger charge is 2.48. The molecule has 1 atom stereocenters. The highest BCUT2D eigenvalue weighted by Crippen LogP contribution is 2.40. The van der Waals surface area contributed by atoms with Crippen LogP contribution >= 0.6 is 0 Å². The first-order valence-corrected chi connectivity index (χ1v) is 9.12. The minimum atomic E-state index is -4.57. The molecule has 0 aromatic rings. The zero-order chi connectivity index (χ0) is 15.5. The van der Waals surface area contributed by atoms with Crippen LogP contribution in [0.2, 0.25) is 18.1 Å². The number of alkyl halides is 3. The molecule has 0 aliphatic carbocycles. The summed E-state index contributed by atoms with van der Waals surface area (Å²) in [5.41, 5.74) is 0. The molecular weight excluding hydrogens is 277 g/mol. The molecule has 1 unspecified atom stereocenters. The molecule has 114 valence electrons. The number of carbonyl (C=O) groups excluding carboxylic acids is 1. The van der Waals surface area contributed by atoms with Gasteiger partial charge in [0.25, 0.3) is 0 Å². The summed E-state index contributed by atoms with van der Waals surface area (Å²) in [6, 6.07) is 0. The highest BCUT2D eigenvalue weighted by atomic mass is 28.4. The summed E-state index contributed by atoms with van der Waals surface area (Å²) in [5, 5.41) is -0.356. The number of hydrogen-bond acceptors (Lipinski definition) is 3. The number of carbonyl (C=O) groups is 1. The van der Waals surface area contributed by atoms with Crippen molar-refractivity contribution in [3.63, 3.8) is 0 Å². The lowest BCUT2D eigenvalue weighted by atomic mass is 10.2. The van der Waals surface area contributed by atoms with Crippen LogP contribution in [-0.2, 0) is 14.0 Å². The summed E-state index contributed by atoms with van der Waals surface area (Å²) in [5.74, 6) is -0.886. The number of esters is 1. The Morgan fingerprint density at radius 2 is 1.68 bits per heavy atom. The molecule has 0 spiro atoms. The highest BCUT2D eigenvalue weighted by molar-refractivity contribution is 6.74. The summed E-state index contributed by atoms with van der Waals surface area (Å²) >= 11 is 0. The van der Waals surface area contributed by atoms with Gasteiger partial charge in [0.1, 0.15) is 0 Å². The molecule has 0 aliphatic rings. The molecule has 0 amide bonds. The number of rotatable bonds is 5. The van der Waals surface area contributed by atoms with Crippen molar-refractivity contribution in [2.45, 2.75) is 64.5 Å². The van der Waals surface area contributed by atoms with Gasteiger partial charge in [-0.1, -0.05) is 20.8 Å². The maximum Gasteiger partial charge on any atom is 0.413 e. The maximum atomic E-state index is 12.9. The van der Waals surface area contributed by atoms with E-state index >= 15 is 0 Å². The second kappa shape index (κ2) is 6.26. The lowest BCUT2D eigenvalue weighted by Gasteiger charge is -2.39. The molecule has 3 nitrogen and oxygen atoms in total. The Kier molecular flexibility index (Phi) is 6.07. The number of halogens is 3. The number of ether oxygens (including phenoxy) is 1. The van der Waals surface area contributed by atoms with Crippen molar-refractivity contribution in [3.05, 3.63) is 0 Å². The molecule has 19 heavy (non-hydrogen) atoms. The second-order valence-electron chi connectivity index (χ2n) is 5.92. The fourth-order valence-corrected chi connectivity index (χ4v) is 2.41. The predicted molar refractivity (Wildman–Crippen MR) is 69.4 cm³/mol. The van der Waals surface area contributed by atoms with Gasteiger partial charge in [-0.15, -0.1) is 0 Å². The second-order valence-corrected chi connectivity index (χ2v) is 10.7. The van der Waals surface area contributed by atoms with Gasteiger partial charge in [-0.25, -0.2) is 0 Å². The minimum Gasteiger partial charge on any atom is -0.466 e. The monoisotopic (exact) mass is 300 g/mol. The standard InChI is InChI=1S/C12H23F3O3Si/c1-7-17-10(16)8-9(12(13,14)15)18-19(5,6)11(2,3)4/h9H,7-8H2,1-6H3. The van der Waals surface area contributed by atoms with E-state index in [2.05, 4.69) is 4.74 Å². The minimum absolute atomic E-state index is 0.0590. The third kappa shape index (κ3) is 5.95. The van der Waals surface area contributed by atoms with Gasteiger partial charge in [0.2, 0.25) is 0 Å². The van der Waals surface area contributed by atoms with Crippen molar-refractivity contribution in [2.24, 2.45) is 0 Å². The Labute approximate surface area is 113 Å². The number of hydrogen-bond donors (Lipinski definition) is 0. The van der Waals surface area contributed by atoms with Crippen LogP contribution in [0.4, 0.5) is 13.2 Å². The molecule has 0 rings (SSSR count). The fourth-order valence-electron chi connectivity index (χ4n) is 1.13. The average molecular weight is 300 g/mol. The molecule has 0 fully saturated rings. The average Bonchev–Trinajstić information content (AvgIpc) is 2.13. The molecular formula is C12H23F3O3Si. The molecule has 0 aliphatic heterocycles. The summed E-state index contributed by atoms with van der Waals surface area (Å²) < 4.78 is 48.6. The molecule has 0 bridgehead atoms. The Morgan fingerprint density at radius 3 is 2.00 bits per heavy atom. The zero-order valence-electron chi connectivity index (χ0n) is 12.4. The first-order chi connectivity index (χ1) is 8.31. The van der Waals surface area contributed by atoms with Crippen LogP contribution in [0.3, 0.4) is 0 Å². The van der Waals surface area contributed by atoms with Crippen LogP contribution < -0.4 is 0 Å². The third-order valence-corrected chi connectivity index (χ3v) is 7.75. The van der Waals surface area contributed by atoms with Crippen molar-refractivity contribution < 1.29 is 27.1 Å². The van der Waals surface area contributed by atoms with Crippen molar-refractivity contribution >= 4 is 14.3 Å². The third-order valence-electron chi connectivity index (χ3n) is 3.27. The van der Waals surface area contributed by atoms with Crippen molar-refractivity contribution in [1.82, 2.24) is 0 Å². The largest absolute Gasteiger partial charge is 0.466 e. The van der Waals surface area contributed by atoms with E-state index in [0.29, 0.717) is 0 Å². The molecule has 0 saturated heterocycles. The van der Waals surface area contributed by atoms with Crippen molar-refractivity contribution in [1.29, 1.82) is 0 Å². The van der Waals surface area contributed by atoms with Gasteiger partial charge in [-0.2, -0.15) is 13.2 Å². The Bertz CT molecular complexity index is 308. The van der Waals surface area contributed by atoms with Crippen LogP contribution in [0, 0.1) is 0 Å². The van der Waals surface area contributed by atoms with E-state index in [1.165, 1.54) is 0 Å².